The minimum absolute atomic E-state index is 0.0316. The molecule has 1 N–H and O–H groups in total. The first-order valence-electron chi connectivity index (χ1n) is 6.66. The number of halogens is 2. The Morgan fingerprint density at radius 2 is 2.32 bits per heavy atom. The second kappa shape index (κ2) is 4.78. The molecule has 2 heterocycles. The third-order valence-corrected chi connectivity index (χ3v) is 4.80. The van der Waals surface area contributed by atoms with Crippen LogP contribution in [0.4, 0.5) is 15.8 Å². The lowest BCUT2D eigenvalue weighted by Crippen LogP contribution is -2.52. The number of amides is 1. The Morgan fingerprint density at radius 1 is 1.53 bits per heavy atom. The Morgan fingerprint density at radius 3 is 3.05 bits per heavy atom. The van der Waals surface area contributed by atoms with E-state index in [1.807, 2.05) is 0 Å². The normalized spacial score (nSPS) is 25.6. The van der Waals surface area contributed by atoms with Gasteiger partial charge < -0.3 is 10.2 Å². The highest BCUT2D eigenvalue weighted by Gasteiger charge is 2.37. The van der Waals surface area contributed by atoms with Crippen molar-refractivity contribution in [3.63, 3.8) is 0 Å². The van der Waals surface area contributed by atoms with Gasteiger partial charge >= 0.3 is 0 Å². The van der Waals surface area contributed by atoms with Crippen LogP contribution < -0.4 is 10.2 Å². The van der Waals surface area contributed by atoms with Gasteiger partial charge in [0.2, 0.25) is 5.91 Å². The molecule has 1 aromatic rings. The van der Waals surface area contributed by atoms with Crippen molar-refractivity contribution in [3.05, 3.63) is 22.4 Å². The Hall–Kier alpha value is -1.10. The number of nitrogens with zero attached hydrogens (tertiary/aromatic N) is 1. The Kier molecular flexibility index (Phi) is 3.25. The van der Waals surface area contributed by atoms with Crippen LogP contribution in [0.5, 0.6) is 0 Å². The molecule has 19 heavy (non-hydrogen) atoms. The topological polar surface area (TPSA) is 32.3 Å². The van der Waals surface area contributed by atoms with E-state index in [-0.39, 0.29) is 17.8 Å². The monoisotopic (exact) mass is 326 g/mol. The van der Waals surface area contributed by atoms with Crippen molar-refractivity contribution in [2.75, 3.05) is 16.8 Å². The van der Waals surface area contributed by atoms with Crippen molar-refractivity contribution in [1.82, 2.24) is 0 Å². The maximum absolute atomic E-state index is 13.7. The summed E-state index contributed by atoms with van der Waals surface area (Å²) in [6.45, 7) is 2.98. The van der Waals surface area contributed by atoms with Crippen molar-refractivity contribution in [2.45, 2.75) is 32.2 Å². The van der Waals surface area contributed by atoms with Crippen LogP contribution in [0.1, 0.15) is 26.2 Å². The highest BCUT2D eigenvalue weighted by molar-refractivity contribution is 9.10. The van der Waals surface area contributed by atoms with E-state index < -0.39 is 0 Å². The summed E-state index contributed by atoms with van der Waals surface area (Å²) in [6.07, 6.45) is 3.02. The predicted octanol–water partition coefficient (Wildman–Crippen LogP) is 3.54. The molecule has 1 saturated heterocycles. The summed E-state index contributed by atoms with van der Waals surface area (Å²) in [6, 6.07) is 3.01. The molecule has 0 spiro atoms. The van der Waals surface area contributed by atoms with Gasteiger partial charge in [-0.1, -0.05) is 13.3 Å². The molecule has 2 aliphatic rings. The van der Waals surface area contributed by atoms with Crippen LogP contribution in [0.15, 0.2) is 16.6 Å². The minimum atomic E-state index is -0.286. The minimum Gasteiger partial charge on any atom is -0.358 e. The first-order valence-corrected chi connectivity index (χ1v) is 7.46. The lowest BCUT2D eigenvalue weighted by Gasteiger charge is -2.43. The Labute approximate surface area is 120 Å². The Balaban J connectivity index is 1.99. The lowest BCUT2D eigenvalue weighted by atomic mass is 9.87. The summed E-state index contributed by atoms with van der Waals surface area (Å²) in [4.78, 5) is 14.2. The molecular weight excluding hydrogens is 311 g/mol. The average molecular weight is 327 g/mol. The third kappa shape index (κ3) is 2.14. The maximum atomic E-state index is 13.7. The van der Waals surface area contributed by atoms with E-state index in [1.54, 1.807) is 6.07 Å². The molecule has 2 atom stereocenters. The molecule has 3 nitrogen and oxygen atoms in total. The largest absolute Gasteiger partial charge is 0.358 e. The van der Waals surface area contributed by atoms with E-state index in [0.29, 0.717) is 16.1 Å². The van der Waals surface area contributed by atoms with Gasteiger partial charge in [-0.2, -0.15) is 0 Å². The first-order chi connectivity index (χ1) is 9.10. The molecule has 2 unspecified atom stereocenters. The summed E-state index contributed by atoms with van der Waals surface area (Å²) in [5.41, 5.74) is 1.50. The van der Waals surface area contributed by atoms with Crippen molar-refractivity contribution in [1.29, 1.82) is 0 Å². The van der Waals surface area contributed by atoms with Gasteiger partial charge in [0.1, 0.15) is 11.9 Å². The fourth-order valence-electron chi connectivity index (χ4n) is 3.04. The Bertz CT molecular complexity index is 534. The quantitative estimate of drug-likeness (QED) is 0.856. The second-order valence-corrected chi connectivity index (χ2v) is 6.13. The van der Waals surface area contributed by atoms with Gasteiger partial charge in [-0.15, -0.1) is 0 Å². The van der Waals surface area contributed by atoms with Crippen molar-refractivity contribution < 1.29 is 9.18 Å². The van der Waals surface area contributed by atoms with Crippen molar-refractivity contribution >= 4 is 33.2 Å². The molecule has 5 heteroatoms. The van der Waals surface area contributed by atoms with Gasteiger partial charge in [-0.25, -0.2) is 4.39 Å². The summed E-state index contributed by atoms with van der Waals surface area (Å²) in [5, 5.41) is 2.89. The van der Waals surface area contributed by atoms with Crippen LogP contribution in [0.3, 0.4) is 0 Å². The van der Waals surface area contributed by atoms with E-state index in [9.17, 15) is 9.18 Å². The van der Waals surface area contributed by atoms with Crippen molar-refractivity contribution in [3.8, 4) is 0 Å². The molecule has 3 rings (SSSR count). The fraction of sp³-hybridized carbons (Fsp3) is 0.500. The number of carbonyl (C=O) groups excluding carboxylic acids is 1. The zero-order valence-electron chi connectivity index (χ0n) is 10.7. The predicted molar refractivity (Wildman–Crippen MR) is 76.9 cm³/mol. The number of anilines is 2. The highest BCUT2D eigenvalue weighted by atomic mass is 79.9. The second-order valence-electron chi connectivity index (χ2n) is 5.28. The molecule has 2 aliphatic heterocycles. The lowest BCUT2D eigenvalue weighted by molar-refractivity contribution is -0.118. The molecule has 1 amide bonds. The molecule has 1 fully saturated rings. The zero-order chi connectivity index (χ0) is 13.6. The molecule has 0 aromatic heterocycles. The molecule has 102 valence electrons. The number of piperidine rings is 1. The van der Waals surface area contributed by atoms with Crippen LogP contribution in [-0.2, 0) is 4.79 Å². The molecular formula is C14H16BrFN2O. The maximum Gasteiger partial charge on any atom is 0.247 e. The van der Waals surface area contributed by atoms with Crippen LogP contribution in [-0.4, -0.2) is 18.5 Å². The number of hydrogen-bond acceptors (Lipinski definition) is 2. The molecule has 0 bridgehead atoms. The molecule has 0 radical (unpaired) electrons. The number of benzene rings is 1. The standard InChI is InChI=1S/C14H16BrFN2O/c1-2-8-3-4-18-12-7-10(16)9(15)6-11(12)17-14(19)13(18)5-8/h6-8,13H,2-5H2,1H3,(H,17,19). The molecule has 0 aliphatic carbocycles. The van der Waals surface area contributed by atoms with Gasteiger partial charge in [0.15, 0.2) is 0 Å². The number of carbonyl (C=O) groups is 1. The third-order valence-electron chi connectivity index (χ3n) is 4.20. The van der Waals surface area contributed by atoms with E-state index in [1.165, 1.54) is 6.07 Å². The van der Waals surface area contributed by atoms with Crippen LogP contribution in [0.2, 0.25) is 0 Å². The first kappa shape index (κ1) is 12.9. The van der Waals surface area contributed by atoms with Crippen LogP contribution >= 0.6 is 15.9 Å². The van der Waals surface area contributed by atoms with Gasteiger partial charge in [0, 0.05) is 12.6 Å². The zero-order valence-corrected chi connectivity index (χ0v) is 12.3. The van der Waals surface area contributed by atoms with Gasteiger partial charge in [-0.3, -0.25) is 4.79 Å². The van der Waals surface area contributed by atoms with Crippen LogP contribution in [0, 0.1) is 11.7 Å². The SMILES string of the molecule is CCC1CCN2c3cc(F)c(Br)cc3NC(=O)C2C1. The number of fused-ring (bicyclic) bond motifs is 3. The van der Waals surface area contributed by atoms with Gasteiger partial charge in [0.25, 0.3) is 0 Å². The number of hydrogen-bond donors (Lipinski definition) is 1. The number of nitrogens with one attached hydrogen (secondary N) is 1. The summed E-state index contributed by atoms with van der Waals surface area (Å²) in [5.74, 6) is 0.337. The van der Waals surface area contributed by atoms with E-state index >= 15 is 0 Å². The number of rotatable bonds is 1. The summed E-state index contributed by atoms with van der Waals surface area (Å²) >= 11 is 3.16. The summed E-state index contributed by atoms with van der Waals surface area (Å²) < 4.78 is 14.1. The van der Waals surface area contributed by atoms with E-state index in [2.05, 4.69) is 33.1 Å². The van der Waals surface area contributed by atoms with Crippen molar-refractivity contribution in [2.24, 2.45) is 5.92 Å². The molecule has 0 saturated carbocycles. The van der Waals surface area contributed by atoms with E-state index in [0.717, 1.165) is 31.5 Å². The molecule has 1 aromatic carbocycles. The van der Waals surface area contributed by atoms with E-state index in [4.69, 9.17) is 0 Å². The van der Waals surface area contributed by atoms with Gasteiger partial charge in [0.05, 0.1) is 15.8 Å². The fourth-order valence-corrected chi connectivity index (χ4v) is 3.38. The van der Waals surface area contributed by atoms with Gasteiger partial charge in [-0.05, 0) is 40.8 Å². The smallest absolute Gasteiger partial charge is 0.247 e. The van der Waals surface area contributed by atoms with Crippen LogP contribution in [0.25, 0.3) is 0 Å². The summed E-state index contributed by atoms with van der Waals surface area (Å²) in [7, 11) is 0. The highest BCUT2D eigenvalue weighted by Crippen LogP contribution is 2.40. The average Bonchev–Trinajstić information content (AvgIpc) is 2.41.